The van der Waals surface area contributed by atoms with Crippen LogP contribution in [0.25, 0.3) is 0 Å². The molecule has 3 aliphatic rings. The number of halogens is 1. The Balaban J connectivity index is 1.19. The summed E-state index contributed by atoms with van der Waals surface area (Å²) in [7, 11) is 0. The Bertz CT molecular complexity index is 1400. The lowest BCUT2D eigenvalue weighted by Gasteiger charge is -2.47. The maximum Gasteiger partial charge on any atom is 0.329 e. The number of carbonyl (C=O) groups is 1. The number of aromatic nitrogens is 1. The second kappa shape index (κ2) is 10.7. The highest BCUT2D eigenvalue weighted by Crippen LogP contribution is 2.56. The van der Waals surface area contributed by atoms with Crippen LogP contribution < -0.4 is 10.1 Å². The first-order valence-electron chi connectivity index (χ1n) is 14.8. The molecule has 0 amide bonds. The van der Waals surface area contributed by atoms with Gasteiger partial charge in [-0.05, 0) is 110 Å². The molecule has 1 aromatic heterocycles. The van der Waals surface area contributed by atoms with Crippen molar-refractivity contribution in [2.45, 2.75) is 82.1 Å². The molecule has 3 aliphatic carbocycles. The smallest absolute Gasteiger partial charge is 0.329 e. The summed E-state index contributed by atoms with van der Waals surface area (Å²) >= 11 is 6.21. The number of carboxylic acids is 1. The van der Waals surface area contributed by atoms with Crippen molar-refractivity contribution in [1.29, 1.82) is 0 Å². The molecule has 1 spiro atoms. The molecule has 3 atom stereocenters. The number of ether oxygens (including phenoxy) is 1. The number of hydrogen-bond acceptors (Lipinski definition) is 4. The summed E-state index contributed by atoms with van der Waals surface area (Å²) in [6, 6.07) is 18.2. The maximum atomic E-state index is 12.7. The molecule has 5 nitrogen and oxygen atoms in total. The van der Waals surface area contributed by atoms with Crippen LogP contribution >= 0.6 is 11.6 Å². The zero-order valence-electron chi connectivity index (χ0n) is 23.5. The van der Waals surface area contributed by atoms with E-state index in [1.54, 1.807) is 0 Å². The van der Waals surface area contributed by atoms with Gasteiger partial charge in [-0.25, -0.2) is 4.79 Å². The Morgan fingerprint density at radius 1 is 1.15 bits per heavy atom. The first kappa shape index (κ1) is 27.1. The van der Waals surface area contributed by atoms with Gasteiger partial charge in [0.15, 0.2) is 0 Å². The minimum atomic E-state index is -0.995. The van der Waals surface area contributed by atoms with E-state index in [0.29, 0.717) is 42.2 Å². The van der Waals surface area contributed by atoms with Gasteiger partial charge in [0, 0.05) is 28.2 Å². The third kappa shape index (κ3) is 4.87. The van der Waals surface area contributed by atoms with Gasteiger partial charge in [-0.1, -0.05) is 55.8 Å². The number of rotatable bonds is 8. The summed E-state index contributed by atoms with van der Waals surface area (Å²) in [5.74, 6) is 1.56. The van der Waals surface area contributed by atoms with Crippen LogP contribution in [0, 0.1) is 11.8 Å². The quantitative estimate of drug-likeness (QED) is 0.295. The first-order chi connectivity index (χ1) is 19.3. The molecule has 2 N–H and O–H groups in total. The highest BCUT2D eigenvalue weighted by Gasteiger charge is 2.54. The Hall–Kier alpha value is -3.05. The van der Waals surface area contributed by atoms with E-state index in [-0.39, 0.29) is 5.41 Å². The van der Waals surface area contributed by atoms with Crippen LogP contribution in [0.15, 0.2) is 60.8 Å². The van der Waals surface area contributed by atoms with Gasteiger partial charge in [-0.3, -0.25) is 4.98 Å². The summed E-state index contributed by atoms with van der Waals surface area (Å²) < 4.78 is 6.45. The fraction of sp³-hybridized carbons (Fsp3) is 0.471. The molecule has 6 heteroatoms. The van der Waals surface area contributed by atoms with E-state index >= 15 is 0 Å². The molecular weight excluding hydrogens is 520 g/mol. The molecule has 1 heterocycles. The number of fused-ring (bicyclic) bond motifs is 3. The van der Waals surface area contributed by atoms with Crippen LogP contribution in [0.3, 0.4) is 0 Å². The lowest BCUT2D eigenvalue weighted by atomic mass is 9.59. The average Bonchev–Trinajstić information content (AvgIpc) is 3.47. The van der Waals surface area contributed by atoms with Crippen LogP contribution in [0.4, 0.5) is 5.69 Å². The van der Waals surface area contributed by atoms with Crippen molar-refractivity contribution in [3.8, 4) is 5.75 Å². The number of aryl methyl sites for hydroxylation is 1. The number of carboxylic acid groups (broad SMARTS) is 1. The molecule has 0 saturated heterocycles. The second-order valence-electron chi connectivity index (χ2n) is 12.5. The summed E-state index contributed by atoms with van der Waals surface area (Å²) in [6.45, 7) is 5.25. The largest absolute Gasteiger partial charge is 0.493 e. The SMILES string of the molecule is C[C@@H](COc1ccnc2c1[C@@H](C)CC2)C[C@H]1Cc2ccccc2C12CCC(Nc1cccc(Cl)c1)(C(=O)O)CC2. The van der Waals surface area contributed by atoms with Gasteiger partial charge in [0.2, 0.25) is 0 Å². The summed E-state index contributed by atoms with van der Waals surface area (Å²) in [5.41, 5.74) is 5.10. The fourth-order valence-electron chi connectivity index (χ4n) is 7.84. The van der Waals surface area contributed by atoms with E-state index in [1.807, 2.05) is 36.5 Å². The van der Waals surface area contributed by atoms with E-state index in [2.05, 4.69) is 48.4 Å². The number of benzene rings is 2. The van der Waals surface area contributed by atoms with Crippen molar-refractivity contribution >= 4 is 23.3 Å². The number of pyridine rings is 1. The standard InChI is InChI=1S/C34H39ClN2O3/c1-22(21-40-30-12-17-36-29-11-10-23(2)31(29)30)18-25-19-24-6-3-4-9-28(24)33(25)13-15-34(16-14-33,32(38)39)37-27-8-5-7-26(35)20-27/h3-9,12,17,20,22-23,25,37H,10-11,13-16,18-19,21H2,1-2H3,(H,38,39)/t22-,23+,25+,33?,34?/m1/s1. The van der Waals surface area contributed by atoms with Gasteiger partial charge in [-0.2, -0.15) is 0 Å². The predicted octanol–water partition coefficient (Wildman–Crippen LogP) is 7.81. The summed E-state index contributed by atoms with van der Waals surface area (Å²) in [4.78, 5) is 17.3. The third-order valence-electron chi connectivity index (χ3n) is 9.96. The van der Waals surface area contributed by atoms with E-state index < -0.39 is 11.5 Å². The first-order valence-corrected chi connectivity index (χ1v) is 15.1. The van der Waals surface area contributed by atoms with Crippen LogP contribution in [-0.4, -0.2) is 28.2 Å². The van der Waals surface area contributed by atoms with Crippen LogP contribution in [0.5, 0.6) is 5.75 Å². The van der Waals surface area contributed by atoms with Crippen LogP contribution in [0.2, 0.25) is 5.02 Å². The molecule has 40 heavy (non-hydrogen) atoms. The molecule has 0 unspecified atom stereocenters. The van der Waals surface area contributed by atoms with E-state index in [4.69, 9.17) is 16.3 Å². The van der Waals surface area contributed by atoms with Crippen molar-refractivity contribution in [3.05, 3.63) is 88.2 Å². The Morgan fingerprint density at radius 3 is 2.73 bits per heavy atom. The average molecular weight is 559 g/mol. The van der Waals surface area contributed by atoms with E-state index in [0.717, 1.165) is 50.0 Å². The Labute approximate surface area is 242 Å². The monoisotopic (exact) mass is 558 g/mol. The normalized spacial score (nSPS) is 27.7. The molecule has 1 saturated carbocycles. The van der Waals surface area contributed by atoms with Crippen LogP contribution in [0.1, 0.15) is 80.7 Å². The zero-order valence-corrected chi connectivity index (χ0v) is 24.2. The fourth-order valence-corrected chi connectivity index (χ4v) is 8.03. The highest BCUT2D eigenvalue weighted by atomic mass is 35.5. The van der Waals surface area contributed by atoms with E-state index in [1.165, 1.54) is 22.4 Å². The molecule has 0 aliphatic heterocycles. The van der Waals surface area contributed by atoms with Crippen molar-refractivity contribution in [2.24, 2.45) is 11.8 Å². The van der Waals surface area contributed by atoms with Gasteiger partial charge >= 0.3 is 5.97 Å². The predicted molar refractivity (Wildman–Crippen MR) is 159 cm³/mol. The molecule has 0 bridgehead atoms. The van der Waals surface area contributed by atoms with Crippen molar-refractivity contribution in [3.63, 3.8) is 0 Å². The van der Waals surface area contributed by atoms with E-state index in [9.17, 15) is 9.90 Å². The van der Waals surface area contributed by atoms with Gasteiger partial charge in [0.1, 0.15) is 11.3 Å². The van der Waals surface area contributed by atoms with Gasteiger partial charge in [0.25, 0.3) is 0 Å². The molecule has 6 rings (SSSR count). The molecular formula is C34H39ClN2O3. The van der Waals surface area contributed by atoms with Crippen molar-refractivity contribution in [1.82, 2.24) is 4.98 Å². The zero-order chi connectivity index (χ0) is 27.9. The number of hydrogen-bond donors (Lipinski definition) is 2. The van der Waals surface area contributed by atoms with Crippen molar-refractivity contribution < 1.29 is 14.6 Å². The molecule has 0 radical (unpaired) electrons. The number of nitrogens with one attached hydrogen (secondary N) is 1. The minimum Gasteiger partial charge on any atom is -0.493 e. The number of anilines is 1. The minimum absolute atomic E-state index is 0.00769. The topological polar surface area (TPSA) is 71.5 Å². The van der Waals surface area contributed by atoms with Crippen molar-refractivity contribution in [2.75, 3.05) is 11.9 Å². The van der Waals surface area contributed by atoms with Gasteiger partial charge < -0.3 is 15.2 Å². The summed E-state index contributed by atoms with van der Waals surface area (Å²) in [5, 5.41) is 14.4. The third-order valence-corrected chi connectivity index (χ3v) is 10.2. The number of aliphatic carboxylic acids is 1. The second-order valence-corrected chi connectivity index (χ2v) is 12.9. The Morgan fingerprint density at radius 2 is 1.95 bits per heavy atom. The molecule has 2 aromatic carbocycles. The van der Waals surface area contributed by atoms with Gasteiger partial charge in [0.05, 0.1) is 6.61 Å². The highest BCUT2D eigenvalue weighted by molar-refractivity contribution is 6.30. The maximum absolute atomic E-state index is 12.7. The van der Waals surface area contributed by atoms with Crippen LogP contribution in [-0.2, 0) is 23.1 Å². The molecule has 3 aromatic rings. The number of nitrogens with zero attached hydrogens (tertiary/aromatic N) is 1. The molecule has 1 fully saturated rings. The lowest BCUT2D eigenvalue weighted by molar-refractivity contribution is -0.144. The van der Waals surface area contributed by atoms with Gasteiger partial charge in [-0.15, -0.1) is 0 Å². The lowest BCUT2D eigenvalue weighted by Crippen LogP contribution is -2.53. The molecule has 210 valence electrons. The Kier molecular flexibility index (Phi) is 7.28. The summed E-state index contributed by atoms with van der Waals surface area (Å²) in [6.07, 6.45) is 9.00.